The van der Waals surface area contributed by atoms with E-state index in [9.17, 15) is 28.0 Å². The Balaban J connectivity index is 1.41. The maximum atomic E-state index is 13.3. The molecule has 38 heavy (non-hydrogen) atoms. The molecule has 4 aromatic rings. The number of rotatable bonds is 8. The Kier molecular flexibility index (Phi) is 7.03. The number of nitrogens with zero attached hydrogens (tertiary/aromatic N) is 1. The number of benzene rings is 4. The molecule has 1 amide bonds. The second-order valence-corrected chi connectivity index (χ2v) is 10.8. The third-order valence-corrected chi connectivity index (χ3v) is 7.86. The van der Waals surface area contributed by atoms with Crippen molar-refractivity contribution in [3.8, 4) is 16.9 Å². The van der Waals surface area contributed by atoms with E-state index in [0.717, 1.165) is 22.9 Å². The van der Waals surface area contributed by atoms with Gasteiger partial charge in [0.25, 0.3) is 10.1 Å². The lowest BCUT2D eigenvalue weighted by atomic mass is 9.78. The highest BCUT2D eigenvalue weighted by Crippen LogP contribution is 2.46. The predicted molar refractivity (Wildman–Crippen MR) is 144 cm³/mol. The largest absolute Gasteiger partial charge is 0.507 e. The minimum atomic E-state index is -4.43. The van der Waals surface area contributed by atoms with E-state index < -0.39 is 16.2 Å². The summed E-state index contributed by atoms with van der Waals surface area (Å²) in [5.74, 6) is -0.573. The lowest BCUT2D eigenvalue weighted by Crippen LogP contribution is -2.55. The maximum Gasteiger partial charge on any atom is 0.294 e. The highest BCUT2D eigenvalue weighted by atomic mass is 32.2. The van der Waals surface area contributed by atoms with Crippen LogP contribution in [-0.4, -0.2) is 29.1 Å². The molecule has 3 atom stereocenters. The summed E-state index contributed by atoms with van der Waals surface area (Å²) in [7, 11) is -4.43. The van der Waals surface area contributed by atoms with Crippen molar-refractivity contribution in [2.24, 2.45) is 5.92 Å². The van der Waals surface area contributed by atoms with Gasteiger partial charge in [0.05, 0.1) is 23.0 Å². The molecule has 1 heterocycles. The molecule has 4 aromatic carbocycles. The van der Waals surface area contributed by atoms with Crippen LogP contribution in [0, 0.1) is 5.92 Å². The van der Waals surface area contributed by atoms with Crippen LogP contribution in [0.3, 0.4) is 0 Å². The first-order valence-electron chi connectivity index (χ1n) is 12.3. The fourth-order valence-electron chi connectivity index (χ4n) is 5.04. The number of aromatic hydroxyl groups is 1. The van der Waals surface area contributed by atoms with Crippen LogP contribution in [0.25, 0.3) is 11.1 Å². The number of phenols is 1. The zero-order chi connectivity index (χ0) is 26.9. The Morgan fingerprint density at radius 2 is 1.47 bits per heavy atom. The van der Waals surface area contributed by atoms with E-state index in [-0.39, 0.29) is 28.5 Å². The van der Waals surface area contributed by atoms with Gasteiger partial charge in [0.15, 0.2) is 0 Å². The van der Waals surface area contributed by atoms with Gasteiger partial charge in [0.1, 0.15) is 5.75 Å². The highest BCUT2D eigenvalue weighted by molar-refractivity contribution is 7.85. The summed E-state index contributed by atoms with van der Waals surface area (Å²) >= 11 is 0. The van der Waals surface area contributed by atoms with Crippen molar-refractivity contribution in [3.05, 3.63) is 114 Å². The molecule has 7 nitrogen and oxygen atoms in total. The summed E-state index contributed by atoms with van der Waals surface area (Å²) in [6.07, 6.45) is 0.306. The van der Waals surface area contributed by atoms with Crippen molar-refractivity contribution < 1.29 is 28.0 Å². The molecule has 1 aliphatic heterocycles. The monoisotopic (exact) mass is 529 g/mol. The molecule has 1 aliphatic rings. The van der Waals surface area contributed by atoms with Crippen LogP contribution in [0.1, 0.15) is 36.1 Å². The van der Waals surface area contributed by atoms with Gasteiger partial charge < -0.3 is 15.1 Å². The Bertz CT molecular complexity index is 1540. The zero-order valence-corrected chi connectivity index (χ0v) is 21.2. The van der Waals surface area contributed by atoms with Gasteiger partial charge in [0.2, 0.25) is 5.91 Å². The molecule has 8 heteroatoms. The third kappa shape index (κ3) is 5.06. The van der Waals surface area contributed by atoms with Crippen molar-refractivity contribution in [2.75, 3.05) is 4.90 Å². The van der Waals surface area contributed by atoms with E-state index >= 15 is 0 Å². The number of β-lactam (4-membered cyclic amide) rings is 1. The van der Waals surface area contributed by atoms with Gasteiger partial charge in [-0.15, -0.1) is 0 Å². The van der Waals surface area contributed by atoms with Gasteiger partial charge in [-0.25, -0.2) is 0 Å². The molecule has 0 unspecified atom stereocenters. The summed E-state index contributed by atoms with van der Waals surface area (Å²) in [5, 5.41) is 21.0. The van der Waals surface area contributed by atoms with E-state index in [0.29, 0.717) is 24.0 Å². The molecule has 5 rings (SSSR count). The number of phenolic OH excluding ortho intramolecular Hbond substituents is 1. The fraction of sp³-hybridized carbons (Fsp3) is 0.167. The van der Waals surface area contributed by atoms with Gasteiger partial charge in [0, 0.05) is 17.3 Å². The fourth-order valence-corrected chi connectivity index (χ4v) is 5.54. The molecule has 0 aliphatic carbocycles. The number of aliphatic hydroxyl groups is 1. The Hall–Kier alpha value is -3.98. The van der Waals surface area contributed by atoms with E-state index in [4.69, 9.17) is 0 Å². The van der Waals surface area contributed by atoms with Crippen LogP contribution in [0.15, 0.2) is 108 Å². The number of amides is 1. The molecule has 0 radical (unpaired) electrons. The molecule has 0 bridgehead atoms. The molecule has 1 saturated heterocycles. The summed E-state index contributed by atoms with van der Waals surface area (Å²) < 4.78 is 32.0. The standard InChI is InChI=1S/C30H27NO6S/c32-27(21-7-3-1-4-8-21)18-17-26-29(31(30(26)34)23-9-5-2-6-10-23)22-13-11-20(12-14-22)25-16-15-24(19-28(25)33)38(35,36)37/h1-16,19,26-27,29,32-33H,17-18H2,(H,35,36,37)/t26-,27+,29-/m1/s1. The smallest absolute Gasteiger partial charge is 0.294 e. The first-order chi connectivity index (χ1) is 18.2. The minimum Gasteiger partial charge on any atom is -0.507 e. The van der Waals surface area contributed by atoms with Gasteiger partial charge in [-0.1, -0.05) is 72.8 Å². The number of aliphatic hydroxyl groups excluding tert-OH is 1. The van der Waals surface area contributed by atoms with E-state index in [2.05, 4.69) is 0 Å². The Labute approximate surface area is 221 Å². The van der Waals surface area contributed by atoms with Gasteiger partial charge in [-0.2, -0.15) is 8.42 Å². The predicted octanol–water partition coefficient (Wildman–Crippen LogP) is 5.52. The van der Waals surface area contributed by atoms with E-state index in [1.807, 2.05) is 72.8 Å². The summed E-state index contributed by atoms with van der Waals surface area (Å²) in [4.78, 5) is 14.7. The second-order valence-electron chi connectivity index (χ2n) is 9.37. The summed E-state index contributed by atoms with van der Waals surface area (Å²) in [5.41, 5.74) is 3.59. The van der Waals surface area contributed by atoms with Crippen LogP contribution in [0.5, 0.6) is 5.75 Å². The van der Waals surface area contributed by atoms with Crippen molar-refractivity contribution in [2.45, 2.75) is 29.9 Å². The topological polar surface area (TPSA) is 115 Å². The molecule has 0 spiro atoms. The van der Waals surface area contributed by atoms with E-state index in [1.54, 1.807) is 17.0 Å². The van der Waals surface area contributed by atoms with Gasteiger partial charge in [-0.3, -0.25) is 9.35 Å². The Morgan fingerprint density at radius 1 is 0.842 bits per heavy atom. The van der Waals surface area contributed by atoms with Crippen molar-refractivity contribution in [3.63, 3.8) is 0 Å². The SMILES string of the molecule is O=C1[C@H](CC[C@H](O)c2ccccc2)[C@@H](c2ccc(-c3ccc(S(=O)(=O)O)cc3O)cc2)N1c1ccccc1. The molecule has 3 N–H and O–H groups in total. The minimum absolute atomic E-state index is 0.00369. The molecule has 0 aromatic heterocycles. The van der Waals surface area contributed by atoms with Crippen molar-refractivity contribution in [1.82, 2.24) is 0 Å². The normalized spacial score (nSPS) is 18.2. The number of carbonyl (C=O) groups is 1. The summed E-state index contributed by atoms with van der Waals surface area (Å²) in [6.45, 7) is 0. The quantitative estimate of drug-likeness (QED) is 0.204. The highest BCUT2D eigenvalue weighted by Gasteiger charge is 2.48. The zero-order valence-electron chi connectivity index (χ0n) is 20.4. The second kappa shape index (κ2) is 10.4. The molecule has 1 fully saturated rings. The number of hydrogen-bond donors (Lipinski definition) is 3. The lowest BCUT2D eigenvalue weighted by Gasteiger charge is -2.48. The maximum absolute atomic E-state index is 13.3. The number of para-hydroxylation sites is 1. The van der Waals surface area contributed by atoms with E-state index in [1.165, 1.54) is 12.1 Å². The average molecular weight is 530 g/mol. The molecular formula is C30H27NO6S. The third-order valence-electron chi connectivity index (χ3n) is 7.01. The molecule has 0 saturated carbocycles. The van der Waals surface area contributed by atoms with Crippen LogP contribution in [-0.2, 0) is 14.9 Å². The first kappa shape index (κ1) is 25.7. The van der Waals surface area contributed by atoms with Gasteiger partial charge in [-0.05, 0) is 53.8 Å². The van der Waals surface area contributed by atoms with Crippen molar-refractivity contribution in [1.29, 1.82) is 0 Å². The summed E-state index contributed by atoms with van der Waals surface area (Å²) in [6, 6.07) is 29.7. The number of carbonyl (C=O) groups excluding carboxylic acids is 1. The molecule has 194 valence electrons. The first-order valence-corrected chi connectivity index (χ1v) is 13.7. The van der Waals surface area contributed by atoms with Crippen molar-refractivity contribution >= 4 is 21.7 Å². The molecular weight excluding hydrogens is 502 g/mol. The number of anilines is 1. The number of hydrogen-bond acceptors (Lipinski definition) is 5. The average Bonchev–Trinajstić information content (AvgIpc) is 2.92. The van der Waals surface area contributed by atoms with Crippen LogP contribution in [0.4, 0.5) is 5.69 Å². The van der Waals surface area contributed by atoms with Gasteiger partial charge >= 0.3 is 0 Å². The Morgan fingerprint density at radius 3 is 2.08 bits per heavy atom. The lowest BCUT2D eigenvalue weighted by molar-refractivity contribution is -0.131. The van der Waals surface area contributed by atoms with Crippen LogP contribution in [0.2, 0.25) is 0 Å². The van der Waals surface area contributed by atoms with Crippen LogP contribution >= 0.6 is 0 Å². The van der Waals surface area contributed by atoms with Crippen LogP contribution < -0.4 is 4.90 Å².